The lowest BCUT2D eigenvalue weighted by Gasteiger charge is -2.08. The lowest BCUT2D eigenvalue weighted by atomic mass is 10.2. The minimum absolute atomic E-state index is 0.00771. The van der Waals surface area contributed by atoms with Crippen LogP contribution in [0, 0.1) is 24.1 Å². The van der Waals surface area contributed by atoms with Crippen LogP contribution in [0.5, 0.6) is 11.6 Å². The van der Waals surface area contributed by atoms with E-state index in [9.17, 15) is 4.39 Å². The van der Waals surface area contributed by atoms with Gasteiger partial charge in [-0.3, -0.25) is 0 Å². The number of ether oxygens (including phenoxy) is 1. The van der Waals surface area contributed by atoms with Crippen molar-refractivity contribution in [2.24, 2.45) is 0 Å². The molecule has 0 saturated heterocycles. The zero-order chi connectivity index (χ0) is 13.8. The molecular weight excluding hydrogens is 311 g/mol. The minimum Gasteiger partial charge on any atom is -0.439 e. The fraction of sp³-hybridized carbons (Fsp3) is 0.143. The van der Waals surface area contributed by atoms with Crippen LogP contribution in [0.1, 0.15) is 16.7 Å². The number of hydrogen-bond acceptors (Lipinski definition) is 3. The van der Waals surface area contributed by atoms with E-state index in [0.717, 1.165) is 11.1 Å². The van der Waals surface area contributed by atoms with E-state index in [1.54, 1.807) is 18.3 Å². The molecule has 1 aromatic carbocycles. The lowest BCUT2D eigenvalue weighted by molar-refractivity contribution is 0.454. The molecule has 3 nitrogen and oxygen atoms in total. The van der Waals surface area contributed by atoms with Crippen molar-refractivity contribution in [2.75, 3.05) is 0 Å². The predicted octanol–water partition coefficient (Wildman–Crippen LogP) is 4.09. The van der Waals surface area contributed by atoms with E-state index in [4.69, 9.17) is 10.00 Å². The van der Waals surface area contributed by atoms with E-state index in [1.165, 1.54) is 12.1 Å². The smallest absolute Gasteiger partial charge is 0.222 e. The van der Waals surface area contributed by atoms with Gasteiger partial charge in [-0.15, -0.1) is 0 Å². The maximum atomic E-state index is 13.4. The van der Waals surface area contributed by atoms with Gasteiger partial charge in [-0.2, -0.15) is 5.26 Å². The fourth-order valence-electron chi connectivity index (χ4n) is 1.56. The summed E-state index contributed by atoms with van der Waals surface area (Å²) in [6.45, 7) is 1.87. The number of nitriles is 1. The van der Waals surface area contributed by atoms with Crippen molar-refractivity contribution in [1.82, 2.24) is 4.98 Å². The number of rotatable bonds is 3. The molecule has 1 aromatic heterocycles. The molecule has 2 rings (SSSR count). The van der Waals surface area contributed by atoms with Gasteiger partial charge in [0.25, 0.3) is 0 Å². The van der Waals surface area contributed by atoms with Crippen molar-refractivity contribution in [3.8, 4) is 17.7 Å². The molecule has 0 saturated carbocycles. The van der Waals surface area contributed by atoms with E-state index < -0.39 is 5.82 Å². The Morgan fingerprint density at radius 1 is 1.42 bits per heavy atom. The maximum absolute atomic E-state index is 13.4. The normalized spacial score (nSPS) is 10.0. The van der Waals surface area contributed by atoms with Gasteiger partial charge in [0.1, 0.15) is 17.6 Å². The van der Waals surface area contributed by atoms with Gasteiger partial charge >= 0.3 is 0 Å². The van der Waals surface area contributed by atoms with Crippen LogP contribution in [0.4, 0.5) is 4.39 Å². The summed E-state index contributed by atoms with van der Waals surface area (Å²) < 4.78 is 19.0. The predicted molar refractivity (Wildman–Crippen MR) is 72.8 cm³/mol. The van der Waals surface area contributed by atoms with Gasteiger partial charge in [0.2, 0.25) is 5.88 Å². The molecule has 2 aromatic rings. The SMILES string of the molecule is Cc1cc(CBr)cnc1Oc1ccc(C#N)c(F)c1. The average Bonchev–Trinajstić information content (AvgIpc) is 2.41. The van der Waals surface area contributed by atoms with Gasteiger partial charge in [0.15, 0.2) is 0 Å². The van der Waals surface area contributed by atoms with Crippen LogP contribution in [-0.4, -0.2) is 4.98 Å². The maximum Gasteiger partial charge on any atom is 0.222 e. The monoisotopic (exact) mass is 320 g/mol. The van der Waals surface area contributed by atoms with Crippen molar-refractivity contribution in [2.45, 2.75) is 12.3 Å². The van der Waals surface area contributed by atoms with E-state index in [0.29, 0.717) is 17.0 Å². The molecule has 0 aliphatic rings. The number of aryl methyl sites for hydroxylation is 1. The molecule has 0 spiro atoms. The van der Waals surface area contributed by atoms with E-state index in [2.05, 4.69) is 20.9 Å². The van der Waals surface area contributed by atoms with Crippen molar-refractivity contribution in [3.05, 3.63) is 53.0 Å². The third-order valence-corrected chi connectivity index (χ3v) is 3.16. The Hall–Kier alpha value is -1.93. The molecule has 0 bridgehead atoms. The molecule has 0 aliphatic heterocycles. The Morgan fingerprint density at radius 2 is 2.21 bits per heavy atom. The Kier molecular flexibility index (Phi) is 4.13. The van der Waals surface area contributed by atoms with Gasteiger partial charge < -0.3 is 4.74 Å². The second-order valence-corrected chi connectivity index (χ2v) is 4.52. The van der Waals surface area contributed by atoms with Crippen molar-refractivity contribution >= 4 is 15.9 Å². The molecule has 0 fully saturated rings. The molecule has 5 heteroatoms. The van der Waals surface area contributed by atoms with Crippen LogP contribution in [0.15, 0.2) is 30.5 Å². The first-order chi connectivity index (χ1) is 9.13. The van der Waals surface area contributed by atoms with Gasteiger partial charge in [-0.25, -0.2) is 9.37 Å². The molecular formula is C14H10BrFN2O. The third-order valence-electron chi connectivity index (χ3n) is 2.52. The number of nitrogens with zero attached hydrogens (tertiary/aromatic N) is 2. The number of aromatic nitrogens is 1. The topological polar surface area (TPSA) is 45.9 Å². The molecule has 96 valence electrons. The number of hydrogen-bond donors (Lipinski definition) is 0. The number of pyridine rings is 1. The molecule has 0 unspecified atom stereocenters. The van der Waals surface area contributed by atoms with Crippen LogP contribution >= 0.6 is 15.9 Å². The van der Waals surface area contributed by atoms with Gasteiger partial charge in [-0.05, 0) is 30.7 Å². The second kappa shape index (κ2) is 5.81. The summed E-state index contributed by atoms with van der Waals surface area (Å²) in [6.07, 6.45) is 1.69. The molecule has 0 atom stereocenters. The highest BCUT2D eigenvalue weighted by molar-refractivity contribution is 9.08. The van der Waals surface area contributed by atoms with E-state index in [-0.39, 0.29) is 5.56 Å². The van der Waals surface area contributed by atoms with Crippen LogP contribution in [0.2, 0.25) is 0 Å². The quantitative estimate of drug-likeness (QED) is 0.800. The molecule has 0 radical (unpaired) electrons. The van der Waals surface area contributed by atoms with E-state index in [1.807, 2.05) is 13.0 Å². The zero-order valence-corrected chi connectivity index (χ0v) is 11.7. The fourth-order valence-corrected chi connectivity index (χ4v) is 1.87. The largest absolute Gasteiger partial charge is 0.439 e. The summed E-state index contributed by atoms with van der Waals surface area (Å²) in [5.41, 5.74) is 1.89. The lowest BCUT2D eigenvalue weighted by Crippen LogP contribution is -1.94. The Morgan fingerprint density at radius 3 is 2.79 bits per heavy atom. The second-order valence-electron chi connectivity index (χ2n) is 3.95. The minimum atomic E-state index is -0.602. The van der Waals surface area contributed by atoms with Crippen LogP contribution in [0.3, 0.4) is 0 Å². The first-order valence-electron chi connectivity index (χ1n) is 5.53. The Balaban J connectivity index is 2.26. The van der Waals surface area contributed by atoms with Gasteiger partial charge in [0, 0.05) is 23.2 Å². The highest BCUT2D eigenvalue weighted by Gasteiger charge is 2.07. The average molecular weight is 321 g/mol. The molecule has 0 amide bonds. The highest BCUT2D eigenvalue weighted by atomic mass is 79.9. The van der Waals surface area contributed by atoms with Crippen LogP contribution in [-0.2, 0) is 5.33 Å². The molecule has 0 N–H and O–H groups in total. The standard InChI is InChI=1S/C14H10BrFN2O/c1-9-4-10(6-15)8-18-14(9)19-12-3-2-11(7-17)13(16)5-12/h2-5,8H,6H2,1H3. The Bertz CT molecular complexity index is 652. The summed E-state index contributed by atoms with van der Waals surface area (Å²) >= 11 is 3.35. The summed E-state index contributed by atoms with van der Waals surface area (Å²) in [7, 11) is 0. The first kappa shape index (κ1) is 13.5. The third kappa shape index (κ3) is 3.09. The highest BCUT2D eigenvalue weighted by Crippen LogP contribution is 2.25. The van der Waals surface area contributed by atoms with Gasteiger partial charge in [-0.1, -0.05) is 15.9 Å². The number of alkyl halides is 1. The molecule has 0 aliphatic carbocycles. The number of benzene rings is 1. The summed E-state index contributed by atoms with van der Waals surface area (Å²) in [5.74, 6) is 0.141. The van der Waals surface area contributed by atoms with Gasteiger partial charge in [0.05, 0.1) is 5.56 Å². The first-order valence-corrected chi connectivity index (χ1v) is 6.65. The number of halogens is 2. The molecule has 1 heterocycles. The van der Waals surface area contributed by atoms with E-state index >= 15 is 0 Å². The van der Waals surface area contributed by atoms with Crippen LogP contribution < -0.4 is 4.74 Å². The zero-order valence-electron chi connectivity index (χ0n) is 10.2. The van der Waals surface area contributed by atoms with Crippen LogP contribution in [0.25, 0.3) is 0 Å². The summed E-state index contributed by atoms with van der Waals surface area (Å²) in [6, 6.07) is 7.81. The molecule has 19 heavy (non-hydrogen) atoms. The Labute approximate surface area is 118 Å². The van der Waals surface area contributed by atoms with Crippen molar-refractivity contribution < 1.29 is 9.13 Å². The summed E-state index contributed by atoms with van der Waals surface area (Å²) in [5, 5.41) is 9.37. The van der Waals surface area contributed by atoms with Crippen molar-refractivity contribution in [1.29, 1.82) is 5.26 Å². The summed E-state index contributed by atoms with van der Waals surface area (Å²) in [4.78, 5) is 4.18. The van der Waals surface area contributed by atoms with Crippen molar-refractivity contribution in [3.63, 3.8) is 0 Å².